The molecule has 3 aromatic carbocycles. The summed E-state index contributed by atoms with van der Waals surface area (Å²) >= 11 is 0. The average Bonchev–Trinajstić information content (AvgIpc) is 2.69. The fourth-order valence-electron chi connectivity index (χ4n) is 3.39. The van der Waals surface area contributed by atoms with E-state index in [2.05, 4.69) is 6.66 Å². The Kier molecular flexibility index (Phi) is 4.26. The maximum atomic E-state index is 13.4. The summed E-state index contributed by atoms with van der Waals surface area (Å²) in [5, 5.41) is 3.02. The van der Waals surface area contributed by atoms with Crippen molar-refractivity contribution in [1.82, 2.24) is 0 Å². The molecule has 3 rings (SSSR count). The molecule has 24 heavy (non-hydrogen) atoms. The van der Waals surface area contributed by atoms with Gasteiger partial charge in [0.1, 0.15) is 0 Å². The van der Waals surface area contributed by atoms with E-state index >= 15 is 0 Å². The molecule has 0 heterocycles. The zero-order valence-corrected chi connectivity index (χ0v) is 14.8. The van der Waals surface area contributed by atoms with Gasteiger partial charge in [0, 0.05) is 0 Å². The van der Waals surface area contributed by atoms with Crippen LogP contribution in [0.15, 0.2) is 91.0 Å². The third-order valence-electron chi connectivity index (χ3n) is 4.84. The van der Waals surface area contributed by atoms with Crippen molar-refractivity contribution in [3.05, 3.63) is 91.0 Å². The Labute approximate surface area is 143 Å². The molecule has 3 aromatic rings. The molecule has 2 nitrogen and oxygen atoms in total. The van der Waals surface area contributed by atoms with Gasteiger partial charge in [0.2, 0.25) is 0 Å². The normalized spacial score (nSPS) is 12.8. The van der Waals surface area contributed by atoms with Crippen molar-refractivity contribution < 1.29 is 9.53 Å². The summed E-state index contributed by atoms with van der Waals surface area (Å²) in [6.45, 7) is -1.32. The number of ether oxygens (including phenoxy) is 1. The van der Waals surface area contributed by atoms with Crippen molar-refractivity contribution in [3.63, 3.8) is 0 Å². The van der Waals surface area contributed by atoms with Crippen LogP contribution < -0.4 is 15.9 Å². The van der Waals surface area contributed by atoms with E-state index in [-0.39, 0.29) is 5.71 Å². The molecule has 0 saturated carbocycles. The number of methoxy groups -OCH3 is 1. The second-order valence-corrected chi connectivity index (χ2v) is 11.1. The van der Waals surface area contributed by atoms with Crippen LogP contribution in [0.5, 0.6) is 0 Å². The second kappa shape index (κ2) is 6.22. The van der Waals surface area contributed by atoms with Gasteiger partial charge in [-0.25, -0.2) is 0 Å². The molecule has 0 spiro atoms. The van der Waals surface area contributed by atoms with Gasteiger partial charge in [-0.2, -0.15) is 0 Å². The predicted octanol–water partition coefficient (Wildman–Crippen LogP) is 3.91. The summed E-state index contributed by atoms with van der Waals surface area (Å²) in [6, 6.07) is 30.0. The number of carbonyl (C=O) groups is 1. The minimum absolute atomic E-state index is 0.176. The number of rotatable bonds is 4. The minimum atomic E-state index is -3.40. The predicted molar refractivity (Wildman–Crippen MR) is 103 cm³/mol. The van der Waals surface area contributed by atoms with Gasteiger partial charge in [0.05, 0.1) is 0 Å². The fraction of sp³-hybridized carbons (Fsp3) is 0.0952. The first-order chi connectivity index (χ1) is 11.6. The van der Waals surface area contributed by atoms with Crippen LogP contribution in [-0.4, -0.2) is 19.5 Å². The van der Waals surface area contributed by atoms with Crippen molar-refractivity contribution in [3.8, 4) is 0 Å². The molecule has 0 aromatic heterocycles. The van der Waals surface area contributed by atoms with E-state index in [0.717, 1.165) is 15.9 Å². The Hall–Kier alpha value is -2.44. The van der Waals surface area contributed by atoms with Gasteiger partial charge >= 0.3 is 143 Å². The molecule has 0 radical (unpaired) electrons. The maximum absolute atomic E-state index is 13.4. The van der Waals surface area contributed by atoms with E-state index in [1.165, 1.54) is 7.11 Å². The summed E-state index contributed by atoms with van der Waals surface area (Å²) in [6.07, 6.45) is 0. The molecular weight excluding hydrogens is 315 g/mol. The van der Waals surface area contributed by atoms with Gasteiger partial charge < -0.3 is 0 Å². The van der Waals surface area contributed by atoms with Crippen molar-refractivity contribution in [2.24, 2.45) is 0 Å². The van der Waals surface area contributed by atoms with Gasteiger partial charge in [0.15, 0.2) is 0 Å². The first kappa shape index (κ1) is 16.4. The topological polar surface area (TPSA) is 26.3 Å². The van der Waals surface area contributed by atoms with Gasteiger partial charge in [-0.1, -0.05) is 0 Å². The Morgan fingerprint density at radius 2 is 0.958 bits per heavy atom. The van der Waals surface area contributed by atoms with E-state index in [1.807, 2.05) is 91.0 Å². The van der Waals surface area contributed by atoms with Crippen molar-refractivity contribution in [1.29, 1.82) is 0 Å². The Morgan fingerprint density at radius 3 is 1.21 bits per heavy atom. The molecule has 0 atom stereocenters. The number of carbonyl (C=O) groups excluding carboxylic acids is 1. The van der Waals surface area contributed by atoms with Crippen LogP contribution in [0.25, 0.3) is 0 Å². The Bertz CT molecular complexity index is 730. The van der Waals surface area contributed by atoms with E-state index in [0.29, 0.717) is 0 Å². The van der Waals surface area contributed by atoms with Crippen molar-refractivity contribution in [2.75, 3.05) is 13.8 Å². The van der Waals surface area contributed by atoms with Crippen molar-refractivity contribution in [2.45, 2.75) is 0 Å². The summed E-state index contributed by atoms with van der Waals surface area (Å²) in [7, 11) is 1.47. The first-order valence-electron chi connectivity index (χ1n) is 7.89. The summed E-state index contributed by atoms with van der Waals surface area (Å²) in [4.78, 5) is 13.4. The molecule has 0 unspecified atom stereocenters. The van der Waals surface area contributed by atoms with Crippen LogP contribution in [0.1, 0.15) is 0 Å². The number of hydrogen-bond donors (Lipinski definition) is 0. The van der Waals surface area contributed by atoms with Gasteiger partial charge in [-0.15, -0.1) is 0 Å². The van der Waals surface area contributed by atoms with Crippen LogP contribution in [0.4, 0.5) is 4.79 Å². The van der Waals surface area contributed by atoms with Crippen LogP contribution >= 0.6 is 6.60 Å². The second-order valence-electron chi connectivity index (χ2n) is 6.04. The molecule has 0 fully saturated rings. The van der Waals surface area contributed by atoms with Gasteiger partial charge in [0.25, 0.3) is 0 Å². The third-order valence-corrected chi connectivity index (χ3v) is 10.7. The fourth-order valence-corrected chi connectivity index (χ4v) is 8.13. The number of benzene rings is 3. The molecular formula is C21H21O2P. The van der Waals surface area contributed by atoms with Crippen LogP contribution in [-0.2, 0) is 4.74 Å². The zero-order chi connectivity index (χ0) is 17.1. The molecule has 0 aliphatic carbocycles. The molecule has 0 aliphatic rings. The van der Waals surface area contributed by atoms with E-state index < -0.39 is 6.60 Å². The summed E-state index contributed by atoms with van der Waals surface area (Å²) in [5.74, 6) is 0. The molecule has 3 heteroatoms. The van der Waals surface area contributed by atoms with Gasteiger partial charge in [-0.3, -0.25) is 0 Å². The quantitative estimate of drug-likeness (QED) is 0.675. The van der Waals surface area contributed by atoms with Crippen LogP contribution in [0, 0.1) is 0 Å². The SMILES string of the molecule is COC(=O)P(C)(c1ccccc1)(c1ccccc1)c1ccccc1. The number of hydrogen-bond acceptors (Lipinski definition) is 2. The van der Waals surface area contributed by atoms with E-state index in [1.54, 1.807) is 0 Å². The summed E-state index contributed by atoms with van der Waals surface area (Å²) in [5.41, 5.74) is -0.176. The third kappa shape index (κ3) is 2.18. The van der Waals surface area contributed by atoms with Crippen LogP contribution in [0.2, 0.25) is 0 Å². The molecule has 0 aliphatic heterocycles. The monoisotopic (exact) mass is 336 g/mol. The molecule has 122 valence electrons. The van der Waals surface area contributed by atoms with Crippen molar-refractivity contribution >= 4 is 28.2 Å². The molecule has 0 amide bonds. The summed E-state index contributed by atoms with van der Waals surface area (Å²) < 4.78 is 5.40. The standard InChI is InChI=1S/C21H21O2P/c1-23-21(22)24(2,18-12-6-3-7-13-18,19-14-8-4-9-15-19)20-16-10-5-11-17-20/h3-17H,1-2H3. The molecule has 0 N–H and O–H groups in total. The molecule has 0 bridgehead atoms. The van der Waals surface area contributed by atoms with Crippen LogP contribution in [0.3, 0.4) is 0 Å². The Balaban J connectivity index is 2.50. The van der Waals surface area contributed by atoms with Gasteiger partial charge in [-0.05, 0) is 0 Å². The Morgan fingerprint density at radius 1 is 0.667 bits per heavy atom. The molecule has 0 saturated heterocycles. The zero-order valence-electron chi connectivity index (χ0n) is 13.9. The first-order valence-corrected chi connectivity index (χ1v) is 10.6. The van der Waals surface area contributed by atoms with E-state index in [9.17, 15) is 4.79 Å². The average molecular weight is 336 g/mol. The van der Waals surface area contributed by atoms with E-state index in [4.69, 9.17) is 4.74 Å².